The van der Waals surface area contributed by atoms with Gasteiger partial charge in [0.1, 0.15) is 5.65 Å². The second kappa shape index (κ2) is 15.4. The molecule has 2 fully saturated rings. The maximum atomic E-state index is 12.1. The molecule has 2 aliphatic heterocycles. The Kier molecular flexibility index (Phi) is 10.5. The molecule has 4 N–H and O–H groups in total. The summed E-state index contributed by atoms with van der Waals surface area (Å²) >= 11 is 14.2. The Morgan fingerprint density at radius 2 is 1.60 bits per heavy atom. The molecule has 15 heteroatoms. The zero-order valence-corrected chi connectivity index (χ0v) is 30.7. The van der Waals surface area contributed by atoms with Crippen molar-refractivity contribution in [2.24, 2.45) is 7.05 Å². The van der Waals surface area contributed by atoms with E-state index >= 15 is 0 Å². The minimum Gasteiger partial charge on any atom is -0.481 e. The number of aromatic nitrogens is 4. The van der Waals surface area contributed by atoms with Crippen molar-refractivity contribution in [3.05, 3.63) is 82.1 Å². The number of ether oxygens (including phenoxy) is 1. The number of hydrogen-bond donors (Lipinski definition) is 4. The van der Waals surface area contributed by atoms with Crippen LogP contribution in [0, 0.1) is 0 Å². The number of halogens is 2. The van der Waals surface area contributed by atoms with Gasteiger partial charge in [-0.15, -0.1) is 0 Å². The molecule has 13 nitrogen and oxygen atoms in total. The van der Waals surface area contributed by atoms with E-state index in [2.05, 4.69) is 16.0 Å². The van der Waals surface area contributed by atoms with E-state index < -0.39 is 6.09 Å². The number of rotatable bonds is 12. The van der Waals surface area contributed by atoms with E-state index in [0.717, 1.165) is 23.0 Å². The van der Waals surface area contributed by atoms with Gasteiger partial charge in [-0.3, -0.25) is 9.59 Å². The summed E-state index contributed by atoms with van der Waals surface area (Å²) in [5.74, 6) is 0.755. The molecule has 0 radical (unpaired) electrons. The van der Waals surface area contributed by atoms with Crippen molar-refractivity contribution < 1.29 is 24.2 Å². The van der Waals surface area contributed by atoms with Gasteiger partial charge in [-0.1, -0.05) is 53.5 Å². The number of amides is 3. The molecule has 0 bridgehead atoms. The Labute approximate surface area is 315 Å². The number of nitrogens with one attached hydrogen (secondary N) is 3. The molecule has 3 amide bonds. The predicted octanol–water partition coefficient (Wildman–Crippen LogP) is 5.81. The molecule has 5 heterocycles. The van der Waals surface area contributed by atoms with Crippen molar-refractivity contribution in [1.82, 2.24) is 40.4 Å². The Morgan fingerprint density at radius 1 is 0.943 bits per heavy atom. The third-order valence-corrected chi connectivity index (χ3v) is 10.5. The summed E-state index contributed by atoms with van der Waals surface area (Å²) < 4.78 is 7.57. The van der Waals surface area contributed by atoms with Gasteiger partial charge in [0.25, 0.3) is 0 Å². The van der Waals surface area contributed by atoms with Gasteiger partial charge in [0.05, 0.1) is 29.4 Å². The first-order valence-electron chi connectivity index (χ1n) is 17.3. The van der Waals surface area contributed by atoms with E-state index in [1.807, 2.05) is 60.4 Å². The van der Waals surface area contributed by atoms with Crippen molar-refractivity contribution in [2.75, 3.05) is 20.2 Å². The summed E-state index contributed by atoms with van der Waals surface area (Å²) in [5, 5.41) is 20.9. The number of carboxylic acid groups (broad SMARTS) is 1. The standard InChI is InChI=1S/C38H38Cl2N8O5/c1-47-18-22(15-41-16-23-10-13-31(49)43-23)29-17-42-35(46-36(29)47)28-8-4-6-26(34(28)40)25-5-3-7-27(33(25)39)30-12-9-21(37(45-30)53-2)19-48(38(51)52)20-24-11-14-32(50)44-24/h3-9,12,17-18,23-24,41H,10-11,13-16,19-20H2,1-2H3,(H,43,49)(H,44,50)(H,51,52)/t23-,24-/m0/s1. The van der Waals surface area contributed by atoms with Crippen molar-refractivity contribution in [2.45, 2.75) is 50.9 Å². The first kappa shape index (κ1) is 36.1. The minimum absolute atomic E-state index is 0.0322. The van der Waals surface area contributed by atoms with E-state index in [-0.39, 0.29) is 42.9 Å². The second-order valence-corrected chi connectivity index (χ2v) is 14.1. The average Bonchev–Trinajstić information content (AvgIpc) is 3.85. The monoisotopic (exact) mass is 756 g/mol. The van der Waals surface area contributed by atoms with Crippen molar-refractivity contribution in [3.8, 4) is 39.7 Å². The van der Waals surface area contributed by atoms with Crippen LogP contribution < -0.4 is 20.7 Å². The molecule has 2 aromatic carbocycles. The van der Waals surface area contributed by atoms with Gasteiger partial charge in [0.15, 0.2) is 5.82 Å². The topological polar surface area (TPSA) is 164 Å². The van der Waals surface area contributed by atoms with Gasteiger partial charge in [0.2, 0.25) is 17.7 Å². The summed E-state index contributed by atoms with van der Waals surface area (Å²) in [7, 11) is 3.42. The lowest BCUT2D eigenvalue weighted by molar-refractivity contribution is -0.120. The Hall–Kier alpha value is -5.24. The zero-order chi connectivity index (χ0) is 37.2. The third-order valence-electron chi connectivity index (χ3n) is 9.68. The van der Waals surface area contributed by atoms with Crippen LogP contribution in [0.5, 0.6) is 5.88 Å². The number of hydrogen-bond acceptors (Lipinski definition) is 8. The highest BCUT2D eigenvalue weighted by Gasteiger charge is 2.27. The van der Waals surface area contributed by atoms with Gasteiger partial charge in [-0.25, -0.2) is 19.7 Å². The number of methoxy groups -OCH3 is 1. The van der Waals surface area contributed by atoms with Crippen LogP contribution in [-0.2, 0) is 29.7 Å². The molecular formula is C38H38Cl2N8O5. The fourth-order valence-electron chi connectivity index (χ4n) is 6.98. The summed E-state index contributed by atoms with van der Waals surface area (Å²) in [6, 6.07) is 14.7. The van der Waals surface area contributed by atoms with Crippen LogP contribution in [-0.4, -0.2) is 79.7 Å². The van der Waals surface area contributed by atoms with Crippen molar-refractivity contribution in [3.63, 3.8) is 0 Å². The summed E-state index contributed by atoms with van der Waals surface area (Å²) in [5.41, 5.74) is 5.58. The lowest BCUT2D eigenvalue weighted by Crippen LogP contribution is -2.41. The molecular weight excluding hydrogens is 719 g/mol. The maximum Gasteiger partial charge on any atom is 0.407 e. The SMILES string of the molecule is COc1nc(-c2cccc(-c3cccc(-c4ncc5c(CNC[C@@H]6CCC(=O)N6)cn(C)c5n4)c3Cl)c2Cl)ccc1CN(C[C@@H]1CCC(=O)N1)C(=O)O. The highest BCUT2D eigenvalue weighted by atomic mass is 35.5. The lowest BCUT2D eigenvalue weighted by atomic mass is 9.99. The number of carbonyl (C=O) groups excluding carboxylic acids is 2. The average molecular weight is 758 g/mol. The molecule has 0 unspecified atom stereocenters. The molecule has 3 aromatic heterocycles. The normalized spacial score (nSPS) is 16.9. The summed E-state index contributed by atoms with van der Waals surface area (Å²) in [4.78, 5) is 50.8. The molecule has 0 aliphatic carbocycles. The Morgan fingerprint density at radius 3 is 2.26 bits per heavy atom. The molecule has 0 spiro atoms. The number of carbonyl (C=O) groups is 3. The van der Waals surface area contributed by atoms with E-state index in [1.54, 1.807) is 12.1 Å². The maximum absolute atomic E-state index is 12.1. The van der Waals surface area contributed by atoms with E-state index in [0.29, 0.717) is 81.7 Å². The zero-order valence-electron chi connectivity index (χ0n) is 29.2. The minimum atomic E-state index is -1.11. The molecule has 0 saturated carbocycles. The Balaban J connectivity index is 1.13. The van der Waals surface area contributed by atoms with Crippen LogP contribution in [0.2, 0.25) is 10.0 Å². The van der Waals surface area contributed by atoms with Gasteiger partial charge >= 0.3 is 6.09 Å². The third kappa shape index (κ3) is 7.64. The van der Waals surface area contributed by atoms with Crippen molar-refractivity contribution in [1.29, 1.82) is 0 Å². The van der Waals surface area contributed by atoms with Crippen LogP contribution >= 0.6 is 23.2 Å². The van der Waals surface area contributed by atoms with E-state index in [9.17, 15) is 19.5 Å². The smallest absolute Gasteiger partial charge is 0.407 e. The fourth-order valence-corrected chi connectivity index (χ4v) is 7.61. The highest BCUT2D eigenvalue weighted by Crippen LogP contribution is 2.42. The summed E-state index contributed by atoms with van der Waals surface area (Å²) in [6.07, 6.45) is 5.11. The van der Waals surface area contributed by atoms with E-state index in [1.165, 1.54) is 12.0 Å². The molecule has 2 aliphatic rings. The molecule has 5 aromatic rings. The molecule has 2 saturated heterocycles. The first-order chi connectivity index (χ1) is 25.6. The van der Waals surface area contributed by atoms with Gasteiger partial charge in [-0.05, 0) is 36.6 Å². The number of aryl methyl sites for hydroxylation is 1. The first-order valence-corrected chi connectivity index (χ1v) is 18.1. The second-order valence-electron chi connectivity index (χ2n) is 13.3. The number of fused-ring (bicyclic) bond motifs is 1. The predicted molar refractivity (Wildman–Crippen MR) is 202 cm³/mol. The lowest BCUT2D eigenvalue weighted by Gasteiger charge is -2.23. The highest BCUT2D eigenvalue weighted by molar-refractivity contribution is 6.39. The fraction of sp³-hybridized carbons (Fsp3) is 0.316. The van der Waals surface area contributed by atoms with E-state index in [4.69, 9.17) is 42.9 Å². The van der Waals surface area contributed by atoms with Gasteiger partial charge in [-0.2, -0.15) is 0 Å². The molecule has 7 rings (SSSR count). The van der Waals surface area contributed by atoms with Crippen LogP contribution in [0.3, 0.4) is 0 Å². The Bertz CT molecular complexity index is 2230. The number of benzene rings is 2. The van der Waals surface area contributed by atoms with Gasteiger partial charge in [0, 0.05) is 97.2 Å². The molecule has 2 atom stereocenters. The summed E-state index contributed by atoms with van der Waals surface area (Å²) in [6.45, 7) is 1.50. The number of pyridine rings is 1. The van der Waals surface area contributed by atoms with Crippen molar-refractivity contribution >= 4 is 52.1 Å². The van der Waals surface area contributed by atoms with Crippen LogP contribution in [0.4, 0.5) is 4.79 Å². The molecule has 274 valence electrons. The quantitative estimate of drug-likeness (QED) is 0.123. The van der Waals surface area contributed by atoms with Crippen LogP contribution in [0.1, 0.15) is 36.8 Å². The number of nitrogens with zero attached hydrogens (tertiary/aromatic N) is 5. The molecule has 53 heavy (non-hydrogen) atoms. The largest absolute Gasteiger partial charge is 0.481 e. The van der Waals surface area contributed by atoms with Gasteiger partial charge < -0.3 is 35.3 Å². The van der Waals surface area contributed by atoms with Crippen LogP contribution in [0.25, 0.3) is 44.8 Å². The van der Waals surface area contributed by atoms with Crippen LogP contribution in [0.15, 0.2) is 60.9 Å².